The number of halogens is 1. The maximum Gasteiger partial charge on any atom is 0.254 e. The Bertz CT molecular complexity index is 1080. The molecule has 0 N–H and O–H groups in total. The van der Waals surface area contributed by atoms with Crippen LogP contribution in [0.25, 0.3) is 16.9 Å². The summed E-state index contributed by atoms with van der Waals surface area (Å²) in [5, 5.41) is 8.61. The summed E-state index contributed by atoms with van der Waals surface area (Å²) in [4.78, 5) is 6.77. The molecule has 6 nitrogen and oxygen atoms in total. The maximum atomic E-state index is 14.2. The molecule has 1 aliphatic heterocycles. The molecule has 1 saturated heterocycles. The Morgan fingerprint density at radius 2 is 1.93 bits per heavy atom. The van der Waals surface area contributed by atoms with Gasteiger partial charge in [0, 0.05) is 29.4 Å². The van der Waals surface area contributed by atoms with Crippen LogP contribution < -0.4 is 0 Å². The van der Waals surface area contributed by atoms with Crippen molar-refractivity contribution in [1.82, 2.24) is 24.5 Å². The normalized spacial score (nSPS) is 16.0. The maximum absolute atomic E-state index is 14.2. The second-order valence-corrected chi connectivity index (χ2v) is 7.18. The van der Waals surface area contributed by atoms with E-state index in [-0.39, 0.29) is 5.82 Å². The first kappa shape index (κ1) is 17.1. The Morgan fingerprint density at radius 3 is 2.71 bits per heavy atom. The first-order chi connectivity index (χ1) is 13.8. The molecule has 5 rings (SSSR count). The van der Waals surface area contributed by atoms with Crippen LogP contribution in [0.1, 0.15) is 30.3 Å². The Morgan fingerprint density at radius 1 is 1.07 bits per heavy atom. The molecule has 3 aromatic heterocycles. The van der Waals surface area contributed by atoms with Crippen LogP contribution in [-0.2, 0) is 6.54 Å². The molecular formula is C21H20FN5O. The van der Waals surface area contributed by atoms with E-state index < -0.39 is 0 Å². The van der Waals surface area contributed by atoms with Crippen LogP contribution in [0, 0.1) is 5.82 Å². The molecule has 0 spiro atoms. The average molecular weight is 377 g/mol. The number of hydrogen-bond donors (Lipinski definition) is 0. The molecule has 0 radical (unpaired) electrons. The highest BCUT2D eigenvalue weighted by Gasteiger charge is 2.25. The standard InChI is InChI=1S/C21H20FN5O/c22-19-6-2-1-5-18(19)16-12-23-21-25-24-20(27(21)13-16)15-7-9-26(10-8-15)14-17-4-3-11-28-17/h1-6,11-13,15H,7-10,14H2. The molecular weight excluding hydrogens is 357 g/mol. The van der Waals surface area contributed by atoms with Gasteiger partial charge in [0.1, 0.15) is 17.4 Å². The van der Waals surface area contributed by atoms with E-state index in [0.29, 0.717) is 17.3 Å². The fourth-order valence-electron chi connectivity index (χ4n) is 3.89. The van der Waals surface area contributed by atoms with Crippen molar-refractivity contribution in [2.45, 2.75) is 25.3 Å². The Kier molecular flexibility index (Phi) is 4.37. The van der Waals surface area contributed by atoms with Crippen LogP contribution in [0.15, 0.2) is 59.5 Å². The van der Waals surface area contributed by atoms with E-state index in [2.05, 4.69) is 20.1 Å². The van der Waals surface area contributed by atoms with Crippen LogP contribution in [0.5, 0.6) is 0 Å². The van der Waals surface area contributed by atoms with E-state index in [1.54, 1.807) is 24.6 Å². The molecule has 4 aromatic rings. The summed E-state index contributed by atoms with van der Waals surface area (Å²) in [6, 6.07) is 10.7. The first-order valence-corrected chi connectivity index (χ1v) is 9.48. The molecule has 0 bridgehead atoms. The SMILES string of the molecule is Fc1ccccc1-c1cnc2nnc(C3CCN(Cc4ccco4)CC3)n2c1. The van der Waals surface area contributed by atoms with Gasteiger partial charge in [-0.1, -0.05) is 18.2 Å². The van der Waals surface area contributed by atoms with E-state index in [1.807, 2.05) is 28.8 Å². The molecule has 0 atom stereocenters. The summed E-state index contributed by atoms with van der Waals surface area (Å²) in [5.41, 5.74) is 1.26. The highest BCUT2D eigenvalue weighted by atomic mass is 19.1. The van der Waals surface area contributed by atoms with E-state index >= 15 is 0 Å². The molecule has 4 heterocycles. The van der Waals surface area contributed by atoms with E-state index in [9.17, 15) is 4.39 Å². The van der Waals surface area contributed by atoms with Crippen LogP contribution in [0.2, 0.25) is 0 Å². The van der Waals surface area contributed by atoms with Gasteiger partial charge in [-0.15, -0.1) is 10.2 Å². The van der Waals surface area contributed by atoms with Gasteiger partial charge in [0.25, 0.3) is 5.78 Å². The molecule has 0 unspecified atom stereocenters. The fraction of sp³-hybridized carbons (Fsp3) is 0.286. The number of aromatic nitrogens is 4. The second-order valence-electron chi connectivity index (χ2n) is 7.18. The largest absolute Gasteiger partial charge is 0.468 e. The number of rotatable bonds is 4. The zero-order chi connectivity index (χ0) is 18.9. The zero-order valence-electron chi connectivity index (χ0n) is 15.3. The van der Waals surface area contributed by atoms with Gasteiger partial charge in [0.15, 0.2) is 0 Å². The van der Waals surface area contributed by atoms with Crippen LogP contribution in [-0.4, -0.2) is 37.6 Å². The fourth-order valence-corrected chi connectivity index (χ4v) is 3.89. The van der Waals surface area contributed by atoms with Crippen molar-refractivity contribution in [3.05, 3.63) is 72.5 Å². The van der Waals surface area contributed by atoms with E-state index in [0.717, 1.165) is 49.6 Å². The summed E-state index contributed by atoms with van der Waals surface area (Å²) in [5.74, 6) is 2.49. The number of furan rings is 1. The predicted molar refractivity (Wildman–Crippen MR) is 102 cm³/mol. The van der Waals surface area contributed by atoms with Gasteiger partial charge >= 0.3 is 0 Å². The molecule has 0 saturated carbocycles. The zero-order valence-corrected chi connectivity index (χ0v) is 15.3. The smallest absolute Gasteiger partial charge is 0.254 e. The van der Waals surface area contributed by atoms with Crippen molar-refractivity contribution in [2.24, 2.45) is 0 Å². The quantitative estimate of drug-likeness (QED) is 0.540. The van der Waals surface area contributed by atoms with Gasteiger partial charge in [-0.2, -0.15) is 0 Å². The summed E-state index contributed by atoms with van der Waals surface area (Å²) in [7, 11) is 0. The Hall–Kier alpha value is -3.06. The van der Waals surface area contributed by atoms with Gasteiger partial charge in [-0.25, -0.2) is 9.37 Å². The van der Waals surface area contributed by atoms with Crippen LogP contribution in [0.3, 0.4) is 0 Å². The minimum absolute atomic E-state index is 0.260. The van der Waals surface area contributed by atoms with Crippen molar-refractivity contribution < 1.29 is 8.81 Å². The van der Waals surface area contributed by atoms with E-state index in [1.165, 1.54) is 6.07 Å². The number of nitrogens with zero attached hydrogens (tertiary/aromatic N) is 5. The molecule has 0 aliphatic carbocycles. The number of likely N-dealkylation sites (tertiary alicyclic amines) is 1. The third-order valence-electron chi connectivity index (χ3n) is 5.39. The highest BCUT2D eigenvalue weighted by Crippen LogP contribution is 2.29. The summed E-state index contributed by atoms with van der Waals surface area (Å²) >= 11 is 0. The number of piperidine rings is 1. The molecule has 28 heavy (non-hydrogen) atoms. The van der Waals surface area contributed by atoms with Gasteiger partial charge < -0.3 is 4.42 Å². The molecule has 1 aromatic carbocycles. The first-order valence-electron chi connectivity index (χ1n) is 9.48. The minimum atomic E-state index is -0.260. The van der Waals surface area contributed by atoms with Crippen molar-refractivity contribution >= 4 is 5.78 Å². The lowest BCUT2D eigenvalue weighted by molar-refractivity contribution is 0.188. The van der Waals surface area contributed by atoms with Crippen LogP contribution >= 0.6 is 0 Å². The predicted octanol–water partition coefficient (Wildman–Crippen LogP) is 3.90. The molecule has 142 valence electrons. The molecule has 1 aliphatic rings. The van der Waals surface area contributed by atoms with Gasteiger partial charge in [-0.3, -0.25) is 9.30 Å². The number of hydrogen-bond acceptors (Lipinski definition) is 5. The topological polar surface area (TPSA) is 59.5 Å². The lowest BCUT2D eigenvalue weighted by Crippen LogP contribution is -2.32. The summed E-state index contributed by atoms with van der Waals surface area (Å²) in [6.07, 6.45) is 7.24. The minimum Gasteiger partial charge on any atom is -0.468 e. The second kappa shape index (κ2) is 7.16. The van der Waals surface area contributed by atoms with Crippen molar-refractivity contribution in [3.63, 3.8) is 0 Å². The lowest BCUT2D eigenvalue weighted by Gasteiger charge is -2.30. The third-order valence-corrected chi connectivity index (χ3v) is 5.39. The monoisotopic (exact) mass is 377 g/mol. The Labute approximate surface area is 161 Å². The Balaban J connectivity index is 1.38. The van der Waals surface area contributed by atoms with Gasteiger partial charge in [0.2, 0.25) is 0 Å². The molecule has 1 fully saturated rings. The van der Waals surface area contributed by atoms with Gasteiger partial charge in [0.05, 0.1) is 12.8 Å². The third kappa shape index (κ3) is 3.18. The number of benzene rings is 1. The van der Waals surface area contributed by atoms with Crippen molar-refractivity contribution in [2.75, 3.05) is 13.1 Å². The van der Waals surface area contributed by atoms with Crippen LogP contribution in [0.4, 0.5) is 4.39 Å². The summed E-state index contributed by atoms with van der Waals surface area (Å²) < 4.78 is 21.5. The average Bonchev–Trinajstić information content (AvgIpc) is 3.38. The van der Waals surface area contributed by atoms with Crippen molar-refractivity contribution in [1.29, 1.82) is 0 Å². The van der Waals surface area contributed by atoms with Gasteiger partial charge in [-0.05, 0) is 44.1 Å². The number of fused-ring (bicyclic) bond motifs is 1. The molecule has 7 heteroatoms. The van der Waals surface area contributed by atoms with Crippen molar-refractivity contribution in [3.8, 4) is 11.1 Å². The highest BCUT2D eigenvalue weighted by molar-refractivity contribution is 5.63. The van der Waals surface area contributed by atoms with E-state index in [4.69, 9.17) is 4.42 Å². The molecule has 0 amide bonds. The lowest BCUT2D eigenvalue weighted by atomic mass is 9.96. The summed E-state index contributed by atoms with van der Waals surface area (Å²) in [6.45, 7) is 2.78.